The fourth-order valence-electron chi connectivity index (χ4n) is 3.66. The Hall–Kier alpha value is -0.0800. The molecule has 1 heterocycles. The van der Waals surface area contributed by atoms with Crippen LogP contribution in [0.1, 0.15) is 52.9 Å². The zero-order chi connectivity index (χ0) is 12.4. The topological polar surface area (TPSA) is 29.3 Å². The molecule has 1 saturated heterocycles. The second-order valence-electron chi connectivity index (χ2n) is 6.65. The van der Waals surface area contributed by atoms with Crippen molar-refractivity contribution in [3.63, 3.8) is 0 Å². The van der Waals surface area contributed by atoms with Gasteiger partial charge in [-0.05, 0) is 69.9 Å². The maximum Gasteiger partial charge on any atom is 0.00979 e. The van der Waals surface area contributed by atoms with Crippen LogP contribution in [0, 0.1) is 17.8 Å². The number of nitrogens with zero attached hydrogens (tertiary/aromatic N) is 1. The predicted octanol–water partition coefficient (Wildman–Crippen LogP) is 2.87. The Morgan fingerprint density at radius 2 is 1.65 bits per heavy atom. The van der Waals surface area contributed by atoms with E-state index >= 15 is 0 Å². The second kappa shape index (κ2) is 5.71. The first-order valence-electron chi connectivity index (χ1n) is 7.57. The lowest BCUT2D eigenvalue weighted by Crippen LogP contribution is -2.46. The molecule has 4 unspecified atom stereocenters. The first kappa shape index (κ1) is 13.4. The molecule has 1 saturated carbocycles. The summed E-state index contributed by atoms with van der Waals surface area (Å²) in [7, 11) is 0. The van der Waals surface area contributed by atoms with E-state index in [1.807, 2.05) is 0 Å². The average molecular weight is 238 g/mol. The van der Waals surface area contributed by atoms with Gasteiger partial charge in [-0.2, -0.15) is 0 Å². The van der Waals surface area contributed by atoms with Gasteiger partial charge in [0.1, 0.15) is 0 Å². The molecule has 0 aromatic heterocycles. The highest BCUT2D eigenvalue weighted by atomic mass is 15.2. The first-order chi connectivity index (χ1) is 8.08. The van der Waals surface area contributed by atoms with E-state index in [2.05, 4.69) is 25.7 Å². The van der Waals surface area contributed by atoms with Crippen LogP contribution in [0.5, 0.6) is 0 Å². The molecule has 0 radical (unpaired) electrons. The number of hydrogen-bond donors (Lipinski definition) is 1. The van der Waals surface area contributed by atoms with Gasteiger partial charge < -0.3 is 10.6 Å². The van der Waals surface area contributed by atoms with Crippen molar-refractivity contribution in [3.05, 3.63) is 0 Å². The van der Waals surface area contributed by atoms with Crippen LogP contribution in [0.2, 0.25) is 0 Å². The van der Waals surface area contributed by atoms with E-state index in [0.717, 1.165) is 23.8 Å². The summed E-state index contributed by atoms with van der Waals surface area (Å²) in [5.74, 6) is 2.62. The molecule has 2 heteroatoms. The number of nitrogens with two attached hydrogens (primary N) is 1. The van der Waals surface area contributed by atoms with E-state index in [4.69, 9.17) is 5.73 Å². The monoisotopic (exact) mass is 238 g/mol. The van der Waals surface area contributed by atoms with E-state index < -0.39 is 0 Å². The normalized spacial score (nSPS) is 39.2. The van der Waals surface area contributed by atoms with E-state index in [9.17, 15) is 0 Å². The quantitative estimate of drug-likeness (QED) is 0.801. The first-order valence-corrected chi connectivity index (χ1v) is 7.57. The molecule has 0 bridgehead atoms. The molecule has 2 rings (SSSR count). The van der Waals surface area contributed by atoms with Gasteiger partial charge in [-0.25, -0.2) is 0 Å². The minimum absolute atomic E-state index is 0.391. The van der Waals surface area contributed by atoms with Gasteiger partial charge in [-0.1, -0.05) is 13.8 Å². The van der Waals surface area contributed by atoms with Gasteiger partial charge in [0.25, 0.3) is 0 Å². The number of rotatable bonds is 2. The van der Waals surface area contributed by atoms with E-state index in [1.54, 1.807) is 0 Å². The number of piperidine rings is 1. The van der Waals surface area contributed by atoms with Crippen LogP contribution in [0.3, 0.4) is 0 Å². The molecule has 0 amide bonds. The van der Waals surface area contributed by atoms with Gasteiger partial charge in [0.2, 0.25) is 0 Å². The maximum atomic E-state index is 6.01. The molecule has 100 valence electrons. The van der Waals surface area contributed by atoms with Crippen molar-refractivity contribution in [1.29, 1.82) is 0 Å². The standard InChI is InChI=1S/C15H30N2/c1-11-4-5-15(10-12(11)2)17-8-6-14(7-9-17)13(3)16/h11-15H,4-10,16H2,1-3H3. The van der Waals surface area contributed by atoms with Crippen LogP contribution < -0.4 is 5.73 Å². The van der Waals surface area contributed by atoms with Crippen molar-refractivity contribution in [2.75, 3.05) is 13.1 Å². The largest absolute Gasteiger partial charge is 0.328 e. The van der Waals surface area contributed by atoms with Gasteiger partial charge in [0.15, 0.2) is 0 Å². The average Bonchev–Trinajstić information content (AvgIpc) is 2.33. The minimum Gasteiger partial charge on any atom is -0.328 e. The molecule has 2 N–H and O–H groups in total. The Morgan fingerprint density at radius 1 is 1.00 bits per heavy atom. The molecular formula is C15H30N2. The third kappa shape index (κ3) is 3.23. The Labute approximate surface area is 107 Å². The van der Waals surface area contributed by atoms with Crippen LogP contribution in [-0.2, 0) is 0 Å². The fraction of sp³-hybridized carbons (Fsp3) is 1.00. The molecule has 0 aromatic rings. The lowest BCUT2D eigenvalue weighted by Gasteiger charge is -2.43. The molecular weight excluding hydrogens is 208 g/mol. The minimum atomic E-state index is 0.391. The Kier molecular flexibility index (Phi) is 4.48. The second-order valence-corrected chi connectivity index (χ2v) is 6.65. The summed E-state index contributed by atoms with van der Waals surface area (Å²) < 4.78 is 0. The van der Waals surface area contributed by atoms with Crippen molar-refractivity contribution >= 4 is 0 Å². The summed E-state index contributed by atoms with van der Waals surface area (Å²) in [6.07, 6.45) is 6.91. The lowest BCUT2D eigenvalue weighted by atomic mass is 9.78. The molecule has 2 nitrogen and oxygen atoms in total. The smallest absolute Gasteiger partial charge is 0.00979 e. The third-order valence-corrected chi connectivity index (χ3v) is 5.40. The molecule has 1 aliphatic heterocycles. The SMILES string of the molecule is CC(N)C1CCN(C2CCC(C)C(C)C2)CC1. The predicted molar refractivity (Wildman–Crippen MR) is 73.9 cm³/mol. The van der Waals surface area contributed by atoms with Gasteiger partial charge in [-0.15, -0.1) is 0 Å². The van der Waals surface area contributed by atoms with Crippen LogP contribution in [0.15, 0.2) is 0 Å². The van der Waals surface area contributed by atoms with Crippen LogP contribution in [-0.4, -0.2) is 30.1 Å². The van der Waals surface area contributed by atoms with E-state index in [-0.39, 0.29) is 0 Å². The molecule has 0 aromatic carbocycles. The van der Waals surface area contributed by atoms with E-state index in [1.165, 1.54) is 45.2 Å². The maximum absolute atomic E-state index is 6.01. The van der Waals surface area contributed by atoms with Crippen LogP contribution in [0.4, 0.5) is 0 Å². The summed E-state index contributed by atoms with van der Waals surface area (Å²) >= 11 is 0. The zero-order valence-corrected chi connectivity index (χ0v) is 11.9. The summed E-state index contributed by atoms with van der Waals surface area (Å²) in [5, 5.41) is 0. The summed E-state index contributed by atoms with van der Waals surface area (Å²) in [4.78, 5) is 2.75. The summed E-state index contributed by atoms with van der Waals surface area (Å²) in [5.41, 5.74) is 6.01. The molecule has 2 fully saturated rings. The van der Waals surface area contributed by atoms with Crippen molar-refractivity contribution in [2.24, 2.45) is 23.5 Å². The highest BCUT2D eigenvalue weighted by Gasteiger charge is 2.31. The third-order valence-electron chi connectivity index (χ3n) is 5.40. The summed E-state index contributed by atoms with van der Waals surface area (Å²) in [6, 6.07) is 1.26. The Morgan fingerprint density at radius 3 is 2.18 bits per heavy atom. The number of likely N-dealkylation sites (tertiary alicyclic amines) is 1. The molecule has 0 spiro atoms. The van der Waals surface area contributed by atoms with Crippen molar-refractivity contribution in [2.45, 2.75) is 65.0 Å². The van der Waals surface area contributed by atoms with Crippen molar-refractivity contribution in [3.8, 4) is 0 Å². The molecule has 2 aliphatic rings. The highest BCUT2D eigenvalue weighted by Crippen LogP contribution is 2.33. The molecule has 17 heavy (non-hydrogen) atoms. The molecule has 1 aliphatic carbocycles. The van der Waals surface area contributed by atoms with Gasteiger partial charge in [0.05, 0.1) is 0 Å². The lowest BCUT2D eigenvalue weighted by molar-refractivity contribution is 0.0722. The van der Waals surface area contributed by atoms with Gasteiger partial charge >= 0.3 is 0 Å². The number of hydrogen-bond acceptors (Lipinski definition) is 2. The zero-order valence-electron chi connectivity index (χ0n) is 11.9. The highest BCUT2D eigenvalue weighted by molar-refractivity contribution is 4.86. The van der Waals surface area contributed by atoms with E-state index in [0.29, 0.717) is 6.04 Å². The van der Waals surface area contributed by atoms with Crippen LogP contribution >= 0.6 is 0 Å². The Bertz CT molecular complexity index is 231. The fourth-order valence-corrected chi connectivity index (χ4v) is 3.66. The van der Waals surface area contributed by atoms with Crippen LogP contribution in [0.25, 0.3) is 0 Å². The van der Waals surface area contributed by atoms with Gasteiger partial charge in [-0.3, -0.25) is 0 Å². The van der Waals surface area contributed by atoms with Crippen molar-refractivity contribution in [1.82, 2.24) is 4.90 Å². The summed E-state index contributed by atoms with van der Waals surface area (Å²) in [6.45, 7) is 9.61. The molecule has 4 atom stereocenters. The Balaban J connectivity index is 1.81. The van der Waals surface area contributed by atoms with Crippen molar-refractivity contribution < 1.29 is 0 Å². The van der Waals surface area contributed by atoms with Gasteiger partial charge in [0, 0.05) is 12.1 Å².